The van der Waals surface area contributed by atoms with Crippen molar-refractivity contribution in [2.75, 3.05) is 19.8 Å². The van der Waals surface area contributed by atoms with Gasteiger partial charge in [0.05, 0.1) is 13.2 Å². The maximum Gasteiger partial charge on any atom is 0.315 e. The van der Waals surface area contributed by atoms with Gasteiger partial charge in [0.2, 0.25) is 0 Å². The van der Waals surface area contributed by atoms with Gasteiger partial charge in [-0.05, 0) is 38.7 Å². The van der Waals surface area contributed by atoms with Crippen molar-refractivity contribution in [2.24, 2.45) is 0 Å². The number of rotatable bonds is 12. The first-order chi connectivity index (χ1) is 9.41. The van der Waals surface area contributed by atoms with Crippen molar-refractivity contribution >= 4 is 36.9 Å². The van der Waals surface area contributed by atoms with E-state index in [0.29, 0.717) is 12.7 Å². The lowest BCUT2D eigenvalue weighted by Crippen LogP contribution is -2.44. The molecule has 20 heavy (non-hydrogen) atoms. The van der Waals surface area contributed by atoms with Crippen molar-refractivity contribution in [1.82, 2.24) is 0 Å². The minimum absolute atomic E-state index is 0.325. The van der Waals surface area contributed by atoms with E-state index in [1.165, 1.54) is 0 Å². The third kappa shape index (κ3) is 9.54. The summed E-state index contributed by atoms with van der Waals surface area (Å²) >= 11 is 0. The molecule has 1 rings (SSSR count). The Morgan fingerprint density at radius 1 is 1.40 bits per heavy atom. The summed E-state index contributed by atoms with van der Waals surface area (Å²) in [4.78, 5) is 9.26. The molecule has 0 aliphatic carbocycles. The van der Waals surface area contributed by atoms with Gasteiger partial charge in [0, 0.05) is 6.61 Å². The zero-order chi connectivity index (χ0) is 15.0. The molecule has 120 valence electrons. The van der Waals surface area contributed by atoms with Crippen LogP contribution in [-0.4, -0.2) is 67.6 Å². The maximum atomic E-state index is 9.26. The molecule has 0 aromatic rings. The van der Waals surface area contributed by atoms with Crippen molar-refractivity contribution in [3.63, 3.8) is 0 Å². The van der Waals surface area contributed by atoms with Gasteiger partial charge in [0.15, 0.2) is 9.04 Å². The van der Waals surface area contributed by atoms with E-state index in [-0.39, 0.29) is 0 Å². The van der Waals surface area contributed by atoms with Crippen molar-refractivity contribution in [1.29, 1.82) is 0 Å². The summed E-state index contributed by atoms with van der Waals surface area (Å²) in [6.07, 6.45) is 1.27. The molecule has 1 saturated heterocycles. The second-order valence-electron chi connectivity index (χ2n) is 5.46. The van der Waals surface area contributed by atoms with Crippen molar-refractivity contribution in [3.8, 4) is 0 Å². The molecule has 3 unspecified atom stereocenters. The Balaban J connectivity index is 2.20. The first-order valence-corrected chi connectivity index (χ1v) is 15.8. The fourth-order valence-corrected chi connectivity index (χ4v) is 11.2. The van der Waals surface area contributed by atoms with Crippen LogP contribution in [0.15, 0.2) is 0 Å². The van der Waals surface area contributed by atoms with Gasteiger partial charge in [-0.2, -0.15) is 0 Å². The Kier molecular flexibility index (Phi) is 8.97. The lowest BCUT2D eigenvalue weighted by molar-refractivity contribution is 0.116. The van der Waals surface area contributed by atoms with Crippen LogP contribution in [0.3, 0.4) is 0 Å². The van der Waals surface area contributed by atoms with Gasteiger partial charge in [0.1, 0.15) is 6.10 Å². The summed E-state index contributed by atoms with van der Waals surface area (Å²) in [6.45, 7) is 10.4. The predicted molar refractivity (Wildman–Crippen MR) is 87.5 cm³/mol. The minimum atomic E-state index is -2.14. The van der Waals surface area contributed by atoms with E-state index in [4.69, 9.17) is 21.8 Å². The Labute approximate surface area is 128 Å². The van der Waals surface area contributed by atoms with Gasteiger partial charge < -0.3 is 26.6 Å². The molecule has 10 heteroatoms. The number of hydrogen-bond donors (Lipinski definition) is 1. The molecule has 1 aliphatic heterocycles. The molecule has 3 atom stereocenters. The Bertz CT molecular complexity index is 266. The van der Waals surface area contributed by atoms with Crippen LogP contribution in [-0.2, 0) is 21.8 Å². The predicted octanol–water partition coefficient (Wildman–Crippen LogP) is -0.262. The van der Waals surface area contributed by atoms with Crippen LogP contribution in [0.2, 0.25) is 32.2 Å². The molecule has 1 fully saturated rings. The zero-order valence-corrected chi connectivity index (χ0v) is 17.7. The van der Waals surface area contributed by atoms with Crippen LogP contribution in [0.4, 0.5) is 0 Å². The lowest BCUT2D eigenvalue weighted by atomic mass is 10.5. The number of epoxide rings is 1. The molecule has 1 N–H and O–H groups in total. The summed E-state index contributed by atoms with van der Waals surface area (Å²) in [5.74, 6) is 0. The Morgan fingerprint density at radius 2 is 2.10 bits per heavy atom. The molecule has 1 heterocycles. The number of ether oxygens (including phenoxy) is 2. The first kappa shape index (κ1) is 18.7. The van der Waals surface area contributed by atoms with Crippen LogP contribution in [0.25, 0.3) is 0 Å². The fraction of sp³-hybridized carbons (Fsp3) is 1.00. The lowest BCUT2D eigenvalue weighted by Gasteiger charge is -2.30. The minimum Gasteiger partial charge on any atom is -0.439 e. The van der Waals surface area contributed by atoms with Crippen LogP contribution in [0, 0.1) is 0 Å². The second-order valence-corrected chi connectivity index (χ2v) is 15.2. The molecule has 0 saturated carbocycles. The smallest absolute Gasteiger partial charge is 0.315 e. The van der Waals surface area contributed by atoms with E-state index in [1.54, 1.807) is 6.55 Å². The molecule has 0 aromatic heterocycles. The maximum absolute atomic E-state index is 9.26. The standard InChI is InChI=1S/C10H28O6Si4/c1-18(2)16-20(4,15-17-14-19(3)11)7-5-6-12-8-10-9-13-10/h10-11,18-19H,5-9,17H2,1-4H3. The van der Waals surface area contributed by atoms with E-state index < -0.39 is 36.9 Å². The van der Waals surface area contributed by atoms with E-state index >= 15 is 0 Å². The highest BCUT2D eigenvalue weighted by Crippen LogP contribution is 2.17. The molecular weight excluding hydrogens is 328 g/mol. The monoisotopic (exact) mass is 356 g/mol. The fourth-order valence-electron chi connectivity index (χ4n) is 1.80. The second kappa shape index (κ2) is 9.61. The average Bonchev–Trinajstić information content (AvgIpc) is 3.10. The largest absolute Gasteiger partial charge is 0.439 e. The summed E-state index contributed by atoms with van der Waals surface area (Å²) in [6, 6.07) is 0.918. The van der Waals surface area contributed by atoms with Gasteiger partial charge in [-0.15, -0.1) is 0 Å². The molecule has 6 nitrogen and oxygen atoms in total. The molecular formula is C10H28O6Si4. The van der Waals surface area contributed by atoms with E-state index in [2.05, 4.69) is 19.6 Å². The van der Waals surface area contributed by atoms with Crippen LogP contribution in [0.5, 0.6) is 0 Å². The van der Waals surface area contributed by atoms with Crippen LogP contribution >= 0.6 is 0 Å². The summed E-state index contributed by atoms with van der Waals surface area (Å²) in [7, 11) is -6.36. The highest BCUT2D eigenvalue weighted by molar-refractivity contribution is 6.76. The van der Waals surface area contributed by atoms with Gasteiger partial charge >= 0.3 is 17.8 Å². The molecule has 0 radical (unpaired) electrons. The summed E-state index contributed by atoms with van der Waals surface area (Å²) in [5, 5.41) is 0. The molecule has 0 amide bonds. The molecule has 0 spiro atoms. The van der Waals surface area contributed by atoms with Crippen molar-refractivity contribution in [2.45, 2.75) is 44.8 Å². The van der Waals surface area contributed by atoms with Crippen molar-refractivity contribution in [3.05, 3.63) is 0 Å². The van der Waals surface area contributed by atoms with E-state index in [1.807, 2.05) is 0 Å². The molecule has 0 aromatic carbocycles. The SMILES string of the molecule is C[SiH](C)O[Si](C)(CCCOCC1CO1)O[SiH2]O[SiH](C)O. The van der Waals surface area contributed by atoms with E-state index in [9.17, 15) is 4.80 Å². The molecule has 1 aliphatic rings. The van der Waals surface area contributed by atoms with Crippen LogP contribution in [0.1, 0.15) is 6.42 Å². The highest BCUT2D eigenvalue weighted by Gasteiger charge is 2.32. The third-order valence-electron chi connectivity index (χ3n) is 2.78. The normalized spacial score (nSPS) is 23.4. The number of hydrogen-bond acceptors (Lipinski definition) is 6. The van der Waals surface area contributed by atoms with Gasteiger partial charge in [-0.3, -0.25) is 0 Å². The van der Waals surface area contributed by atoms with Crippen molar-refractivity contribution < 1.29 is 26.6 Å². The third-order valence-corrected chi connectivity index (χ3v) is 13.3. The summed E-state index contributed by atoms with van der Waals surface area (Å²) in [5.41, 5.74) is 0. The topological polar surface area (TPSA) is 69.7 Å². The van der Waals surface area contributed by atoms with Gasteiger partial charge in [-0.1, -0.05) is 0 Å². The zero-order valence-electron chi connectivity index (χ0n) is 13.0. The average molecular weight is 357 g/mol. The van der Waals surface area contributed by atoms with E-state index in [0.717, 1.165) is 25.7 Å². The Morgan fingerprint density at radius 3 is 2.65 bits per heavy atom. The first-order valence-electron chi connectivity index (χ1n) is 7.22. The summed E-state index contributed by atoms with van der Waals surface area (Å²) < 4.78 is 28.0. The Hall–Kier alpha value is 0.628. The van der Waals surface area contributed by atoms with Gasteiger partial charge in [-0.25, -0.2) is 0 Å². The quantitative estimate of drug-likeness (QED) is 0.295. The van der Waals surface area contributed by atoms with Crippen LogP contribution < -0.4 is 0 Å². The van der Waals surface area contributed by atoms with Gasteiger partial charge in [0.25, 0.3) is 10.0 Å². The molecule has 0 bridgehead atoms. The highest BCUT2D eigenvalue weighted by atomic mass is 28.5.